The Balaban J connectivity index is 2.09. The van der Waals surface area contributed by atoms with E-state index >= 15 is 0 Å². The third kappa shape index (κ3) is 5.28. The van der Waals surface area contributed by atoms with Gasteiger partial charge in [0.25, 0.3) is 5.91 Å². The zero-order chi connectivity index (χ0) is 22.4. The van der Waals surface area contributed by atoms with Crippen molar-refractivity contribution < 1.29 is 4.79 Å². The van der Waals surface area contributed by atoms with Crippen molar-refractivity contribution in [2.24, 2.45) is 11.7 Å². The Kier molecular flexibility index (Phi) is 7.73. The Morgan fingerprint density at radius 3 is 2.13 bits per heavy atom. The second-order valence-electron chi connectivity index (χ2n) is 8.88. The Morgan fingerprint density at radius 1 is 0.935 bits per heavy atom. The van der Waals surface area contributed by atoms with Crippen LogP contribution in [-0.4, -0.2) is 10.5 Å². The minimum absolute atomic E-state index is 0.334. The number of nitrogens with two attached hydrogens (primary N) is 1. The molecule has 1 amide bonds. The first-order valence-corrected chi connectivity index (χ1v) is 11.6. The van der Waals surface area contributed by atoms with Crippen LogP contribution < -0.4 is 5.73 Å². The molecule has 0 aliphatic rings. The minimum atomic E-state index is -0.334. The SMILES string of the molecule is CCCCCc1c(-c2ccc(-c3ccccc3)cc2)c(C(N)=O)c(C)n1CCC(C)C. The van der Waals surface area contributed by atoms with E-state index < -0.39 is 0 Å². The van der Waals surface area contributed by atoms with Gasteiger partial charge in [-0.25, -0.2) is 0 Å². The fraction of sp³-hybridized carbons (Fsp3) is 0.393. The molecule has 0 spiro atoms. The van der Waals surface area contributed by atoms with E-state index in [9.17, 15) is 4.79 Å². The van der Waals surface area contributed by atoms with E-state index in [0.29, 0.717) is 11.5 Å². The maximum atomic E-state index is 12.5. The Bertz CT molecular complexity index is 998. The zero-order valence-electron chi connectivity index (χ0n) is 19.4. The second kappa shape index (κ2) is 10.5. The number of rotatable bonds is 10. The number of nitrogens with zero attached hydrogens (tertiary/aromatic N) is 1. The molecule has 0 atom stereocenters. The molecule has 1 aromatic heterocycles. The average Bonchev–Trinajstić information content (AvgIpc) is 3.04. The number of amides is 1. The van der Waals surface area contributed by atoms with Crippen LogP contribution in [0.2, 0.25) is 0 Å². The molecular formula is C28H36N2O. The number of aromatic nitrogens is 1. The third-order valence-electron chi connectivity index (χ3n) is 6.11. The molecule has 3 aromatic rings. The van der Waals surface area contributed by atoms with Gasteiger partial charge >= 0.3 is 0 Å². The summed E-state index contributed by atoms with van der Waals surface area (Å²) in [6.07, 6.45) is 5.54. The lowest BCUT2D eigenvalue weighted by Gasteiger charge is -2.15. The van der Waals surface area contributed by atoms with Crippen molar-refractivity contribution in [1.29, 1.82) is 0 Å². The summed E-state index contributed by atoms with van der Waals surface area (Å²) in [5.74, 6) is 0.274. The van der Waals surface area contributed by atoms with E-state index in [1.54, 1.807) is 0 Å². The summed E-state index contributed by atoms with van der Waals surface area (Å²) in [6.45, 7) is 9.68. The van der Waals surface area contributed by atoms with Crippen LogP contribution in [0.3, 0.4) is 0 Å². The van der Waals surface area contributed by atoms with Crippen LogP contribution in [0.4, 0.5) is 0 Å². The quantitative estimate of drug-likeness (QED) is 0.355. The topological polar surface area (TPSA) is 48.0 Å². The Hall–Kier alpha value is -2.81. The van der Waals surface area contributed by atoms with E-state index in [1.165, 1.54) is 29.7 Å². The van der Waals surface area contributed by atoms with Gasteiger partial charge in [0.15, 0.2) is 0 Å². The van der Waals surface area contributed by atoms with Crippen LogP contribution in [0.5, 0.6) is 0 Å². The van der Waals surface area contributed by atoms with Crippen LogP contribution in [0, 0.1) is 12.8 Å². The Labute approximate surface area is 187 Å². The summed E-state index contributed by atoms with van der Waals surface area (Å²) in [6, 6.07) is 18.9. The van der Waals surface area contributed by atoms with Gasteiger partial charge in [-0.15, -0.1) is 0 Å². The lowest BCUT2D eigenvalue weighted by molar-refractivity contribution is 0.1000. The average molecular weight is 417 g/mol. The first kappa shape index (κ1) is 22.9. The molecule has 0 aliphatic heterocycles. The fourth-order valence-electron chi connectivity index (χ4n) is 4.36. The van der Waals surface area contributed by atoms with Crippen molar-refractivity contribution >= 4 is 5.91 Å². The number of carbonyl (C=O) groups excluding carboxylic acids is 1. The van der Waals surface area contributed by atoms with Gasteiger partial charge in [-0.05, 0) is 48.8 Å². The largest absolute Gasteiger partial charge is 0.366 e. The van der Waals surface area contributed by atoms with Crippen LogP contribution in [0.1, 0.15) is 68.2 Å². The molecule has 3 rings (SSSR count). The summed E-state index contributed by atoms with van der Waals surface area (Å²) >= 11 is 0. The van der Waals surface area contributed by atoms with E-state index in [4.69, 9.17) is 5.73 Å². The van der Waals surface area contributed by atoms with Gasteiger partial charge in [0.1, 0.15) is 0 Å². The van der Waals surface area contributed by atoms with Crippen LogP contribution in [0.15, 0.2) is 54.6 Å². The summed E-state index contributed by atoms with van der Waals surface area (Å²) < 4.78 is 2.36. The van der Waals surface area contributed by atoms with Crippen LogP contribution in [0.25, 0.3) is 22.3 Å². The molecule has 2 N–H and O–H groups in total. The van der Waals surface area contributed by atoms with Gasteiger partial charge < -0.3 is 10.3 Å². The summed E-state index contributed by atoms with van der Waals surface area (Å²) in [5.41, 5.74) is 13.3. The highest BCUT2D eigenvalue weighted by Gasteiger charge is 2.24. The van der Waals surface area contributed by atoms with Gasteiger partial charge in [0.2, 0.25) is 0 Å². The highest BCUT2D eigenvalue weighted by Crippen LogP contribution is 2.35. The smallest absolute Gasteiger partial charge is 0.251 e. The van der Waals surface area contributed by atoms with E-state index in [-0.39, 0.29) is 5.91 Å². The number of primary amides is 1. The predicted octanol–water partition coefficient (Wildman–Crippen LogP) is 7.01. The van der Waals surface area contributed by atoms with Crippen LogP contribution >= 0.6 is 0 Å². The van der Waals surface area contributed by atoms with Crippen LogP contribution in [-0.2, 0) is 13.0 Å². The van der Waals surface area contributed by atoms with Crippen molar-refractivity contribution in [2.75, 3.05) is 0 Å². The van der Waals surface area contributed by atoms with Gasteiger partial charge in [-0.2, -0.15) is 0 Å². The maximum absolute atomic E-state index is 12.5. The van der Waals surface area contributed by atoms with Gasteiger partial charge in [0.05, 0.1) is 5.56 Å². The van der Waals surface area contributed by atoms with E-state index in [1.807, 2.05) is 13.0 Å². The normalized spacial score (nSPS) is 11.3. The highest BCUT2D eigenvalue weighted by molar-refractivity contribution is 6.02. The maximum Gasteiger partial charge on any atom is 0.251 e. The fourth-order valence-corrected chi connectivity index (χ4v) is 4.36. The van der Waals surface area contributed by atoms with Crippen molar-refractivity contribution in [2.45, 2.75) is 66.3 Å². The van der Waals surface area contributed by atoms with Gasteiger partial charge in [-0.3, -0.25) is 4.79 Å². The number of unbranched alkanes of at least 4 members (excludes halogenated alkanes) is 2. The molecule has 0 bridgehead atoms. The molecule has 0 saturated heterocycles. The molecule has 0 radical (unpaired) electrons. The summed E-state index contributed by atoms with van der Waals surface area (Å²) in [5, 5.41) is 0. The molecule has 0 unspecified atom stereocenters. The number of benzene rings is 2. The Morgan fingerprint density at radius 2 is 1.55 bits per heavy atom. The third-order valence-corrected chi connectivity index (χ3v) is 6.11. The molecule has 2 aromatic carbocycles. The molecule has 1 heterocycles. The molecule has 0 saturated carbocycles. The monoisotopic (exact) mass is 416 g/mol. The first-order valence-electron chi connectivity index (χ1n) is 11.6. The van der Waals surface area contributed by atoms with Crippen molar-refractivity contribution in [3.05, 3.63) is 71.5 Å². The minimum Gasteiger partial charge on any atom is -0.366 e. The number of carbonyl (C=O) groups is 1. The van der Waals surface area contributed by atoms with Crippen molar-refractivity contribution in [3.8, 4) is 22.3 Å². The standard InChI is InChI=1S/C28H36N2O/c1-5-6-8-13-25-27(26(28(29)31)21(4)30(25)19-18-20(2)3)24-16-14-23(15-17-24)22-11-9-7-10-12-22/h7,9-12,14-17,20H,5-6,8,13,18-19H2,1-4H3,(H2,29,31). The predicted molar refractivity (Wildman–Crippen MR) is 131 cm³/mol. The lowest BCUT2D eigenvalue weighted by Crippen LogP contribution is -2.13. The second-order valence-corrected chi connectivity index (χ2v) is 8.88. The molecule has 3 heteroatoms. The molecular weight excluding hydrogens is 380 g/mol. The van der Waals surface area contributed by atoms with Gasteiger partial charge in [0, 0.05) is 23.5 Å². The van der Waals surface area contributed by atoms with E-state index in [2.05, 4.69) is 73.9 Å². The molecule has 0 aliphatic carbocycles. The molecule has 164 valence electrons. The van der Waals surface area contributed by atoms with E-state index in [0.717, 1.165) is 42.6 Å². The zero-order valence-corrected chi connectivity index (χ0v) is 19.4. The number of hydrogen-bond acceptors (Lipinski definition) is 1. The first-order chi connectivity index (χ1) is 14.9. The lowest BCUT2D eigenvalue weighted by atomic mass is 9.95. The summed E-state index contributed by atoms with van der Waals surface area (Å²) in [7, 11) is 0. The molecule has 3 nitrogen and oxygen atoms in total. The van der Waals surface area contributed by atoms with Crippen molar-refractivity contribution in [3.63, 3.8) is 0 Å². The number of hydrogen-bond donors (Lipinski definition) is 1. The highest BCUT2D eigenvalue weighted by atomic mass is 16.1. The van der Waals surface area contributed by atoms with Gasteiger partial charge in [-0.1, -0.05) is 88.2 Å². The molecule has 0 fully saturated rings. The van der Waals surface area contributed by atoms with Crippen molar-refractivity contribution in [1.82, 2.24) is 4.57 Å². The molecule has 31 heavy (non-hydrogen) atoms. The summed E-state index contributed by atoms with van der Waals surface area (Å²) in [4.78, 5) is 12.5.